The minimum Gasteiger partial charge on any atom is -0.347 e. The minimum atomic E-state index is -0.278. The molecule has 1 saturated carbocycles. The van der Waals surface area contributed by atoms with E-state index >= 15 is 0 Å². The number of hydrogen-bond acceptors (Lipinski definition) is 7. The number of carbonyl (C=O) groups excluding carboxylic acids is 2. The van der Waals surface area contributed by atoms with Crippen LogP contribution < -0.4 is 10.6 Å². The van der Waals surface area contributed by atoms with Crippen molar-refractivity contribution < 1.29 is 9.59 Å². The fourth-order valence-corrected chi connectivity index (χ4v) is 4.21. The molecule has 2 heterocycles. The van der Waals surface area contributed by atoms with Crippen molar-refractivity contribution in [2.45, 2.75) is 22.9 Å². The lowest BCUT2D eigenvalue weighted by molar-refractivity contribution is -0.125. The number of carbonyl (C=O) groups is 2. The van der Waals surface area contributed by atoms with Crippen LogP contribution in [0.3, 0.4) is 0 Å². The minimum absolute atomic E-state index is 0.0212. The second-order valence-electron chi connectivity index (χ2n) is 4.78. The summed E-state index contributed by atoms with van der Waals surface area (Å²) in [4.78, 5) is 24.4. The monoisotopic (exact) mass is 354 g/mol. The van der Waals surface area contributed by atoms with Gasteiger partial charge in [-0.3, -0.25) is 14.9 Å². The van der Waals surface area contributed by atoms with Crippen LogP contribution in [0.15, 0.2) is 21.9 Å². The highest BCUT2D eigenvalue weighted by Gasteiger charge is 2.29. The second kappa shape index (κ2) is 7.21. The molecular formula is C13H14N4O2S3. The van der Waals surface area contributed by atoms with E-state index in [0.29, 0.717) is 5.13 Å². The largest absolute Gasteiger partial charge is 0.347 e. The van der Waals surface area contributed by atoms with Gasteiger partial charge in [-0.15, -0.1) is 21.5 Å². The standard InChI is InChI=1S/C13H14N4O2S3/c18-10(6-14-11(19)8-3-4-8)15-12-16-17-13(22-12)21-7-9-2-1-5-20-9/h1-2,5,8H,3-4,6-7H2,(H,14,19)(H,15,16,18). The molecule has 1 aliphatic rings. The molecule has 0 saturated heterocycles. The zero-order valence-electron chi connectivity index (χ0n) is 11.6. The summed E-state index contributed by atoms with van der Waals surface area (Å²) in [7, 11) is 0. The van der Waals surface area contributed by atoms with E-state index in [1.165, 1.54) is 16.2 Å². The van der Waals surface area contributed by atoms with Gasteiger partial charge >= 0.3 is 0 Å². The molecule has 0 bridgehead atoms. The van der Waals surface area contributed by atoms with E-state index in [4.69, 9.17) is 0 Å². The molecule has 0 aliphatic heterocycles. The Morgan fingerprint density at radius 2 is 2.23 bits per heavy atom. The lowest BCUT2D eigenvalue weighted by Crippen LogP contribution is -2.33. The number of aromatic nitrogens is 2. The quantitative estimate of drug-likeness (QED) is 0.589. The van der Waals surface area contributed by atoms with E-state index in [1.807, 2.05) is 11.4 Å². The van der Waals surface area contributed by atoms with Crippen LogP contribution in [0, 0.1) is 5.92 Å². The molecule has 22 heavy (non-hydrogen) atoms. The van der Waals surface area contributed by atoms with E-state index in [1.54, 1.807) is 23.1 Å². The van der Waals surface area contributed by atoms with Crippen LogP contribution in [0.1, 0.15) is 17.7 Å². The second-order valence-corrected chi connectivity index (χ2v) is 8.01. The van der Waals surface area contributed by atoms with Gasteiger partial charge in [0.2, 0.25) is 16.9 Å². The highest BCUT2D eigenvalue weighted by Crippen LogP contribution is 2.30. The maximum Gasteiger partial charge on any atom is 0.245 e. The molecule has 0 spiro atoms. The third-order valence-corrected chi connectivity index (χ3v) is 6.02. The smallest absolute Gasteiger partial charge is 0.245 e. The van der Waals surface area contributed by atoms with Gasteiger partial charge in [-0.1, -0.05) is 29.2 Å². The Balaban J connectivity index is 1.42. The van der Waals surface area contributed by atoms with Crippen molar-refractivity contribution in [1.82, 2.24) is 15.5 Å². The predicted molar refractivity (Wildman–Crippen MR) is 88.2 cm³/mol. The number of nitrogens with one attached hydrogen (secondary N) is 2. The van der Waals surface area contributed by atoms with Crippen LogP contribution in [-0.2, 0) is 15.3 Å². The van der Waals surface area contributed by atoms with Crippen molar-refractivity contribution in [1.29, 1.82) is 0 Å². The summed E-state index contributed by atoms with van der Waals surface area (Å²) in [6.07, 6.45) is 1.85. The first-order chi connectivity index (χ1) is 10.7. The van der Waals surface area contributed by atoms with Crippen molar-refractivity contribution >= 4 is 51.4 Å². The molecule has 2 N–H and O–H groups in total. The maximum absolute atomic E-state index is 11.7. The average Bonchev–Trinajstić information content (AvgIpc) is 3.05. The number of amides is 2. The molecule has 9 heteroatoms. The SMILES string of the molecule is O=C(CNC(=O)C1CC1)Nc1nnc(SCc2cccs2)s1. The lowest BCUT2D eigenvalue weighted by atomic mass is 10.4. The molecule has 6 nitrogen and oxygen atoms in total. The van der Waals surface area contributed by atoms with Crippen LogP contribution in [0.4, 0.5) is 5.13 Å². The van der Waals surface area contributed by atoms with Crippen LogP contribution >= 0.6 is 34.4 Å². The van der Waals surface area contributed by atoms with Crippen LogP contribution in [0.25, 0.3) is 0 Å². The molecule has 1 aliphatic carbocycles. The average molecular weight is 354 g/mol. The fourth-order valence-electron chi connectivity index (χ4n) is 1.67. The van der Waals surface area contributed by atoms with E-state index in [2.05, 4.69) is 26.9 Å². The Labute approximate surface area is 139 Å². The lowest BCUT2D eigenvalue weighted by Gasteiger charge is -2.03. The Bertz CT molecular complexity index is 652. The Morgan fingerprint density at radius 1 is 1.36 bits per heavy atom. The van der Waals surface area contributed by atoms with Crippen molar-refractivity contribution in [2.75, 3.05) is 11.9 Å². The molecule has 0 radical (unpaired) electrons. The Morgan fingerprint density at radius 3 is 2.95 bits per heavy atom. The van der Waals surface area contributed by atoms with Crippen molar-refractivity contribution in [2.24, 2.45) is 5.92 Å². The summed E-state index contributed by atoms with van der Waals surface area (Å²) in [6, 6.07) is 4.09. The van der Waals surface area contributed by atoms with Crippen LogP contribution in [0.5, 0.6) is 0 Å². The van der Waals surface area contributed by atoms with Gasteiger partial charge in [0, 0.05) is 16.5 Å². The zero-order valence-corrected chi connectivity index (χ0v) is 14.0. The van der Waals surface area contributed by atoms with E-state index in [9.17, 15) is 9.59 Å². The Kier molecular flexibility index (Phi) is 5.06. The predicted octanol–water partition coefficient (Wildman–Crippen LogP) is 2.36. The van der Waals surface area contributed by atoms with Gasteiger partial charge in [0.1, 0.15) is 0 Å². The fraction of sp³-hybridized carbons (Fsp3) is 0.385. The van der Waals surface area contributed by atoms with Gasteiger partial charge in [0.15, 0.2) is 4.34 Å². The first-order valence-electron chi connectivity index (χ1n) is 6.77. The topological polar surface area (TPSA) is 84.0 Å². The molecule has 0 unspecified atom stereocenters. The normalized spacial score (nSPS) is 13.8. The van der Waals surface area contributed by atoms with Crippen molar-refractivity contribution in [3.05, 3.63) is 22.4 Å². The van der Waals surface area contributed by atoms with Gasteiger partial charge in [0.25, 0.3) is 0 Å². The summed E-state index contributed by atoms with van der Waals surface area (Å²) in [5.41, 5.74) is 0. The molecule has 2 amide bonds. The van der Waals surface area contributed by atoms with Crippen LogP contribution in [-0.4, -0.2) is 28.6 Å². The molecule has 3 rings (SSSR count). The summed E-state index contributed by atoms with van der Waals surface area (Å²) < 4.78 is 0.811. The van der Waals surface area contributed by atoms with E-state index in [-0.39, 0.29) is 24.3 Å². The molecule has 0 atom stereocenters. The molecule has 2 aromatic heterocycles. The van der Waals surface area contributed by atoms with Gasteiger partial charge < -0.3 is 5.32 Å². The summed E-state index contributed by atoms with van der Waals surface area (Å²) in [5, 5.41) is 15.7. The Hall–Kier alpha value is -1.45. The highest BCUT2D eigenvalue weighted by molar-refractivity contribution is 8.00. The molecule has 116 valence electrons. The number of anilines is 1. The molecule has 2 aromatic rings. The maximum atomic E-state index is 11.7. The first kappa shape index (κ1) is 15.4. The molecular weight excluding hydrogens is 340 g/mol. The number of hydrogen-bond donors (Lipinski definition) is 2. The van der Waals surface area contributed by atoms with E-state index < -0.39 is 0 Å². The van der Waals surface area contributed by atoms with Gasteiger partial charge in [-0.2, -0.15) is 0 Å². The molecule has 0 aromatic carbocycles. The number of rotatable bonds is 7. The van der Waals surface area contributed by atoms with Crippen LogP contribution in [0.2, 0.25) is 0 Å². The van der Waals surface area contributed by atoms with Crippen molar-refractivity contribution in [3.8, 4) is 0 Å². The number of thioether (sulfide) groups is 1. The number of thiophene rings is 1. The van der Waals surface area contributed by atoms with E-state index in [0.717, 1.165) is 22.9 Å². The van der Waals surface area contributed by atoms with Gasteiger partial charge in [-0.05, 0) is 24.3 Å². The first-order valence-corrected chi connectivity index (χ1v) is 9.45. The van der Waals surface area contributed by atoms with Gasteiger partial charge in [0.05, 0.1) is 6.54 Å². The highest BCUT2D eigenvalue weighted by atomic mass is 32.2. The third-order valence-electron chi connectivity index (χ3n) is 2.94. The summed E-state index contributed by atoms with van der Waals surface area (Å²) >= 11 is 4.63. The van der Waals surface area contributed by atoms with Gasteiger partial charge in [-0.25, -0.2) is 0 Å². The third kappa shape index (κ3) is 4.52. The summed E-state index contributed by atoms with van der Waals surface area (Å²) in [6.45, 7) is -0.0212. The summed E-state index contributed by atoms with van der Waals surface area (Å²) in [5.74, 6) is 0.631. The van der Waals surface area contributed by atoms with Crippen molar-refractivity contribution in [3.63, 3.8) is 0 Å². The zero-order chi connectivity index (χ0) is 15.4. The molecule has 1 fully saturated rings. The number of nitrogens with zero attached hydrogens (tertiary/aromatic N) is 2.